The fourth-order valence-corrected chi connectivity index (χ4v) is 2.93. The zero-order valence-corrected chi connectivity index (χ0v) is 10.5. The standard InChI is InChI=1S/C14H12FNOS/c15-11-4-3-10-6-13(18-14(10)7-11)9-16-8-12-2-1-5-17-12/h1-7,16H,8-9H2. The van der Waals surface area contributed by atoms with Crippen LogP contribution in [0.25, 0.3) is 10.1 Å². The summed E-state index contributed by atoms with van der Waals surface area (Å²) >= 11 is 1.62. The Morgan fingerprint density at radius 1 is 1.17 bits per heavy atom. The van der Waals surface area contributed by atoms with Crippen LogP contribution in [0.5, 0.6) is 0 Å². The number of rotatable bonds is 4. The van der Waals surface area contributed by atoms with Crippen molar-refractivity contribution in [3.63, 3.8) is 0 Å². The molecule has 2 aromatic heterocycles. The molecule has 4 heteroatoms. The van der Waals surface area contributed by atoms with Gasteiger partial charge in [0.15, 0.2) is 0 Å². The van der Waals surface area contributed by atoms with Gasteiger partial charge in [-0.1, -0.05) is 6.07 Å². The molecule has 3 rings (SSSR count). The molecule has 2 heterocycles. The van der Waals surface area contributed by atoms with E-state index in [2.05, 4.69) is 11.4 Å². The highest BCUT2D eigenvalue weighted by Crippen LogP contribution is 2.26. The van der Waals surface area contributed by atoms with Crippen molar-refractivity contribution in [2.75, 3.05) is 0 Å². The Bertz CT molecular complexity index is 645. The quantitative estimate of drug-likeness (QED) is 0.770. The number of hydrogen-bond donors (Lipinski definition) is 1. The number of halogens is 1. The Morgan fingerprint density at radius 3 is 2.94 bits per heavy atom. The van der Waals surface area contributed by atoms with E-state index < -0.39 is 0 Å². The van der Waals surface area contributed by atoms with Crippen molar-refractivity contribution in [2.45, 2.75) is 13.1 Å². The van der Waals surface area contributed by atoms with Crippen LogP contribution in [-0.2, 0) is 13.1 Å². The van der Waals surface area contributed by atoms with E-state index in [0.29, 0.717) is 6.54 Å². The average molecular weight is 261 g/mol. The van der Waals surface area contributed by atoms with Crippen LogP contribution in [0.4, 0.5) is 4.39 Å². The van der Waals surface area contributed by atoms with Crippen LogP contribution in [0.15, 0.2) is 47.1 Å². The molecule has 0 atom stereocenters. The predicted octanol–water partition coefficient (Wildman–Crippen LogP) is 3.92. The maximum absolute atomic E-state index is 13.1. The molecule has 0 spiro atoms. The lowest BCUT2D eigenvalue weighted by atomic mass is 10.2. The molecule has 0 saturated carbocycles. The Kier molecular flexibility index (Phi) is 3.13. The van der Waals surface area contributed by atoms with Gasteiger partial charge < -0.3 is 9.73 Å². The van der Waals surface area contributed by atoms with Gasteiger partial charge in [-0.05, 0) is 35.7 Å². The molecule has 3 aromatic rings. The van der Waals surface area contributed by atoms with Gasteiger partial charge in [-0.2, -0.15) is 0 Å². The Hall–Kier alpha value is -1.65. The van der Waals surface area contributed by atoms with Gasteiger partial charge in [0.1, 0.15) is 11.6 Å². The van der Waals surface area contributed by atoms with E-state index in [-0.39, 0.29) is 5.82 Å². The van der Waals surface area contributed by atoms with Gasteiger partial charge in [0, 0.05) is 16.1 Å². The normalized spacial score (nSPS) is 11.2. The van der Waals surface area contributed by atoms with Crippen molar-refractivity contribution in [1.29, 1.82) is 0 Å². The second kappa shape index (κ2) is 4.92. The maximum atomic E-state index is 13.1. The molecule has 0 bridgehead atoms. The van der Waals surface area contributed by atoms with Gasteiger partial charge in [0.2, 0.25) is 0 Å². The van der Waals surface area contributed by atoms with Gasteiger partial charge in [0.05, 0.1) is 12.8 Å². The monoisotopic (exact) mass is 261 g/mol. The van der Waals surface area contributed by atoms with E-state index in [4.69, 9.17) is 4.42 Å². The first-order valence-electron chi connectivity index (χ1n) is 5.72. The summed E-state index contributed by atoms with van der Waals surface area (Å²) in [5.74, 6) is 0.738. The first kappa shape index (κ1) is 11.4. The van der Waals surface area contributed by atoms with E-state index >= 15 is 0 Å². The zero-order chi connectivity index (χ0) is 12.4. The summed E-state index contributed by atoms with van der Waals surface area (Å²) in [4.78, 5) is 1.20. The number of benzene rings is 1. The molecule has 92 valence electrons. The maximum Gasteiger partial charge on any atom is 0.124 e. The summed E-state index contributed by atoms with van der Waals surface area (Å²) in [6, 6.07) is 10.8. The molecule has 2 nitrogen and oxygen atoms in total. The van der Waals surface area contributed by atoms with Crippen LogP contribution in [-0.4, -0.2) is 0 Å². The molecule has 1 aromatic carbocycles. The average Bonchev–Trinajstić information content (AvgIpc) is 2.97. The highest BCUT2D eigenvalue weighted by molar-refractivity contribution is 7.19. The van der Waals surface area contributed by atoms with Crippen molar-refractivity contribution in [3.8, 4) is 0 Å². The van der Waals surface area contributed by atoms with Gasteiger partial charge in [0.25, 0.3) is 0 Å². The van der Waals surface area contributed by atoms with Crippen molar-refractivity contribution in [3.05, 3.63) is 59.1 Å². The third-order valence-corrected chi connectivity index (χ3v) is 3.81. The van der Waals surface area contributed by atoms with E-state index in [1.54, 1.807) is 23.7 Å². The minimum atomic E-state index is -0.181. The highest BCUT2D eigenvalue weighted by Gasteiger charge is 2.03. The van der Waals surface area contributed by atoms with E-state index in [0.717, 1.165) is 22.4 Å². The zero-order valence-electron chi connectivity index (χ0n) is 9.65. The Morgan fingerprint density at radius 2 is 2.11 bits per heavy atom. The second-order valence-corrected chi connectivity index (χ2v) is 5.25. The lowest BCUT2D eigenvalue weighted by Crippen LogP contribution is -2.10. The molecule has 0 aliphatic carbocycles. The van der Waals surface area contributed by atoms with E-state index in [1.165, 1.54) is 10.9 Å². The molecular weight excluding hydrogens is 249 g/mol. The lowest BCUT2D eigenvalue weighted by Gasteiger charge is -1.99. The summed E-state index contributed by atoms with van der Waals surface area (Å²) in [6.07, 6.45) is 1.67. The van der Waals surface area contributed by atoms with Crippen LogP contribution >= 0.6 is 11.3 Å². The lowest BCUT2D eigenvalue weighted by molar-refractivity contribution is 0.484. The number of hydrogen-bond acceptors (Lipinski definition) is 3. The third-order valence-electron chi connectivity index (χ3n) is 2.71. The second-order valence-electron chi connectivity index (χ2n) is 4.08. The summed E-state index contributed by atoms with van der Waals surface area (Å²) < 4.78 is 19.3. The predicted molar refractivity (Wildman–Crippen MR) is 71.0 cm³/mol. The van der Waals surface area contributed by atoms with E-state index in [1.807, 2.05) is 18.2 Å². The molecule has 0 radical (unpaired) electrons. The Balaban J connectivity index is 1.67. The molecule has 0 amide bonds. The van der Waals surface area contributed by atoms with Gasteiger partial charge in [-0.15, -0.1) is 11.3 Å². The van der Waals surface area contributed by atoms with Crippen molar-refractivity contribution in [2.24, 2.45) is 0 Å². The number of thiophene rings is 1. The molecule has 1 N–H and O–H groups in total. The summed E-state index contributed by atoms with van der Waals surface area (Å²) in [7, 11) is 0. The van der Waals surface area contributed by atoms with E-state index in [9.17, 15) is 4.39 Å². The minimum Gasteiger partial charge on any atom is -0.468 e. The van der Waals surface area contributed by atoms with Gasteiger partial charge in [-0.3, -0.25) is 0 Å². The molecule has 18 heavy (non-hydrogen) atoms. The number of furan rings is 1. The van der Waals surface area contributed by atoms with Crippen LogP contribution in [0.2, 0.25) is 0 Å². The van der Waals surface area contributed by atoms with Crippen LogP contribution in [0.1, 0.15) is 10.6 Å². The molecular formula is C14H12FNOS. The molecule has 0 saturated heterocycles. The van der Waals surface area contributed by atoms with Crippen LogP contribution in [0, 0.1) is 5.82 Å². The summed E-state index contributed by atoms with van der Waals surface area (Å²) in [5, 5.41) is 4.40. The van der Waals surface area contributed by atoms with Crippen LogP contribution in [0.3, 0.4) is 0 Å². The summed E-state index contributed by atoms with van der Waals surface area (Å²) in [5.41, 5.74) is 0. The molecule has 0 fully saturated rings. The fourth-order valence-electron chi connectivity index (χ4n) is 1.87. The Labute approximate surface area is 108 Å². The molecule has 0 aliphatic rings. The largest absolute Gasteiger partial charge is 0.468 e. The fraction of sp³-hybridized carbons (Fsp3) is 0.143. The van der Waals surface area contributed by atoms with Crippen LogP contribution < -0.4 is 5.32 Å². The minimum absolute atomic E-state index is 0.181. The first-order chi connectivity index (χ1) is 8.81. The SMILES string of the molecule is Fc1ccc2cc(CNCc3ccco3)sc2c1. The van der Waals surface area contributed by atoms with Gasteiger partial charge >= 0.3 is 0 Å². The van der Waals surface area contributed by atoms with Gasteiger partial charge in [-0.25, -0.2) is 4.39 Å². The number of nitrogens with one attached hydrogen (secondary N) is 1. The van der Waals surface area contributed by atoms with Crippen molar-refractivity contribution >= 4 is 21.4 Å². The highest BCUT2D eigenvalue weighted by atomic mass is 32.1. The van der Waals surface area contributed by atoms with Crippen molar-refractivity contribution < 1.29 is 8.81 Å². The summed E-state index contributed by atoms with van der Waals surface area (Å²) in [6.45, 7) is 1.47. The first-order valence-corrected chi connectivity index (χ1v) is 6.54. The topological polar surface area (TPSA) is 25.2 Å². The number of fused-ring (bicyclic) bond motifs is 1. The molecule has 0 aliphatic heterocycles. The smallest absolute Gasteiger partial charge is 0.124 e. The van der Waals surface area contributed by atoms with Crippen molar-refractivity contribution in [1.82, 2.24) is 5.32 Å². The third kappa shape index (κ3) is 2.44. The molecule has 0 unspecified atom stereocenters.